The van der Waals surface area contributed by atoms with Crippen molar-refractivity contribution < 1.29 is 19.1 Å². The first-order valence-electron chi connectivity index (χ1n) is 6.23. The molecule has 0 saturated carbocycles. The fraction of sp³-hybridized carbons (Fsp3) is 0.286. The summed E-state index contributed by atoms with van der Waals surface area (Å²) >= 11 is 11.3. The number of carbonyl (C=O) groups is 2. The summed E-state index contributed by atoms with van der Waals surface area (Å²) in [7, 11) is 0. The predicted octanol–water partition coefficient (Wildman–Crippen LogP) is 3.74. The van der Waals surface area contributed by atoms with E-state index >= 15 is 0 Å². The second-order valence-electron chi connectivity index (χ2n) is 4.74. The minimum Gasteiger partial charge on any atom is -0.481 e. The van der Waals surface area contributed by atoms with Crippen molar-refractivity contribution in [2.45, 2.75) is 12.8 Å². The lowest BCUT2D eigenvalue weighted by Gasteiger charge is -2.24. The van der Waals surface area contributed by atoms with E-state index in [0.29, 0.717) is 12.8 Å². The van der Waals surface area contributed by atoms with E-state index in [0.717, 1.165) is 0 Å². The van der Waals surface area contributed by atoms with Gasteiger partial charge >= 0.3 is 5.97 Å². The molecule has 2 unspecified atom stereocenters. The molecule has 0 saturated heterocycles. The van der Waals surface area contributed by atoms with E-state index in [4.69, 9.17) is 28.3 Å². The first-order valence-corrected chi connectivity index (χ1v) is 6.99. The van der Waals surface area contributed by atoms with Gasteiger partial charge in [0.25, 0.3) is 0 Å². The molecule has 112 valence electrons. The van der Waals surface area contributed by atoms with Crippen LogP contribution < -0.4 is 5.32 Å². The van der Waals surface area contributed by atoms with E-state index in [1.165, 1.54) is 12.1 Å². The van der Waals surface area contributed by atoms with Crippen molar-refractivity contribution >= 4 is 40.8 Å². The number of carboxylic acids is 1. The van der Waals surface area contributed by atoms with Gasteiger partial charge in [-0.15, -0.1) is 0 Å². The number of allylic oxidation sites excluding steroid dienone is 2. The zero-order valence-corrected chi connectivity index (χ0v) is 12.3. The number of amides is 1. The number of carbonyl (C=O) groups excluding carboxylic acids is 1. The molecule has 0 fully saturated rings. The molecule has 2 atom stereocenters. The standard InChI is InChI=1S/C14H12Cl2FNO3/c15-10-5-7(6-11(16)12(10)17)18-13(19)8-3-1-2-4-9(8)14(20)21/h1-2,5-6,8-9H,3-4H2,(H,18,19)(H,20,21). The van der Waals surface area contributed by atoms with Crippen LogP contribution in [0.25, 0.3) is 0 Å². The van der Waals surface area contributed by atoms with Gasteiger partial charge in [0.15, 0.2) is 5.82 Å². The largest absolute Gasteiger partial charge is 0.481 e. The summed E-state index contributed by atoms with van der Waals surface area (Å²) in [6.07, 6.45) is 4.16. The minimum atomic E-state index is -1.02. The van der Waals surface area contributed by atoms with Crippen LogP contribution in [0.15, 0.2) is 24.3 Å². The average molecular weight is 332 g/mol. The Labute approximate surface area is 130 Å². The molecule has 2 rings (SSSR count). The Morgan fingerprint density at radius 2 is 1.67 bits per heavy atom. The molecule has 1 amide bonds. The SMILES string of the molecule is O=C(O)C1CC=CCC1C(=O)Nc1cc(Cl)c(F)c(Cl)c1. The first-order chi connectivity index (χ1) is 9.90. The van der Waals surface area contributed by atoms with E-state index in [-0.39, 0.29) is 15.7 Å². The van der Waals surface area contributed by atoms with Crippen molar-refractivity contribution in [2.75, 3.05) is 5.32 Å². The third-order valence-electron chi connectivity index (χ3n) is 3.34. The van der Waals surface area contributed by atoms with Crippen LogP contribution in [0, 0.1) is 17.7 Å². The van der Waals surface area contributed by atoms with Gasteiger partial charge in [0.2, 0.25) is 5.91 Å². The Kier molecular flexibility index (Phi) is 4.85. The van der Waals surface area contributed by atoms with Gasteiger partial charge in [-0.3, -0.25) is 9.59 Å². The third-order valence-corrected chi connectivity index (χ3v) is 3.89. The Bertz CT molecular complexity index is 595. The van der Waals surface area contributed by atoms with E-state index in [1.54, 1.807) is 12.2 Å². The molecule has 21 heavy (non-hydrogen) atoms. The van der Waals surface area contributed by atoms with Gasteiger partial charge in [-0.2, -0.15) is 0 Å². The number of aliphatic carboxylic acids is 1. The first kappa shape index (κ1) is 15.8. The van der Waals surface area contributed by atoms with Crippen LogP contribution in [0.5, 0.6) is 0 Å². The van der Waals surface area contributed by atoms with Gasteiger partial charge in [-0.1, -0.05) is 35.4 Å². The highest BCUT2D eigenvalue weighted by Crippen LogP contribution is 2.30. The minimum absolute atomic E-state index is 0.212. The van der Waals surface area contributed by atoms with Crippen LogP contribution in [-0.2, 0) is 9.59 Å². The molecule has 0 radical (unpaired) electrons. The van der Waals surface area contributed by atoms with Crippen LogP contribution in [0.3, 0.4) is 0 Å². The van der Waals surface area contributed by atoms with Gasteiger partial charge in [0.1, 0.15) is 0 Å². The van der Waals surface area contributed by atoms with E-state index in [9.17, 15) is 14.0 Å². The molecule has 0 aliphatic heterocycles. The van der Waals surface area contributed by atoms with Gasteiger partial charge in [-0.25, -0.2) is 4.39 Å². The van der Waals surface area contributed by atoms with Crippen LogP contribution in [0.4, 0.5) is 10.1 Å². The Morgan fingerprint density at radius 3 is 2.19 bits per heavy atom. The molecule has 1 aliphatic carbocycles. The quantitative estimate of drug-likeness (QED) is 0.655. The van der Waals surface area contributed by atoms with Gasteiger partial charge in [0.05, 0.1) is 21.9 Å². The number of halogens is 3. The number of hydrogen-bond acceptors (Lipinski definition) is 2. The maximum Gasteiger partial charge on any atom is 0.307 e. The van der Waals surface area contributed by atoms with E-state index in [1.807, 2.05) is 0 Å². The van der Waals surface area contributed by atoms with Gasteiger partial charge < -0.3 is 10.4 Å². The molecule has 0 heterocycles. The van der Waals surface area contributed by atoms with Crippen molar-refractivity contribution in [3.8, 4) is 0 Å². The summed E-state index contributed by atoms with van der Waals surface area (Å²) in [5, 5.41) is 11.3. The molecular weight excluding hydrogens is 320 g/mol. The number of nitrogens with one attached hydrogen (secondary N) is 1. The lowest BCUT2D eigenvalue weighted by atomic mass is 9.82. The number of hydrogen-bond donors (Lipinski definition) is 2. The van der Waals surface area contributed by atoms with Gasteiger partial charge in [0, 0.05) is 5.69 Å². The summed E-state index contributed by atoms with van der Waals surface area (Å²) in [4.78, 5) is 23.4. The molecule has 0 bridgehead atoms. The van der Waals surface area contributed by atoms with Crippen molar-refractivity contribution in [1.29, 1.82) is 0 Å². The summed E-state index contributed by atoms with van der Waals surface area (Å²) in [6.45, 7) is 0. The topological polar surface area (TPSA) is 66.4 Å². The number of benzene rings is 1. The maximum absolute atomic E-state index is 13.3. The second-order valence-corrected chi connectivity index (χ2v) is 5.55. The number of rotatable bonds is 3. The molecule has 0 aromatic heterocycles. The average Bonchev–Trinajstić information content (AvgIpc) is 2.44. The number of anilines is 1. The van der Waals surface area contributed by atoms with Crippen LogP contribution in [-0.4, -0.2) is 17.0 Å². The number of carboxylic acid groups (broad SMARTS) is 1. The Morgan fingerprint density at radius 1 is 1.14 bits per heavy atom. The fourth-order valence-corrected chi connectivity index (χ4v) is 2.73. The van der Waals surface area contributed by atoms with Crippen molar-refractivity contribution in [3.63, 3.8) is 0 Å². The highest BCUT2D eigenvalue weighted by Gasteiger charge is 2.34. The zero-order chi connectivity index (χ0) is 15.6. The highest BCUT2D eigenvalue weighted by molar-refractivity contribution is 6.35. The zero-order valence-electron chi connectivity index (χ0n) is 10.8. The monoisotopic (exact) mass is 331 g/mol. The van der Waals surface area contributed by atoms with Crippen LogP contribution >= 0.6 is 23.2 Å². The normalized spacial score (nSPS) is 21.1. The van der Waals surface area contributed by atoms with E-state index in [2.05, 4.69) is 5.32 Å². The molecule has 1 aliphatic rings. The lowest BCUT2D eigenvalue weighted by Crippen LogP contribution is -2.34. The smallest absolute Gasteiger partial charge is 0.307 e. The van der Waals surface area contributed by atoms with E-state index < -0.39 is 29.5 Å². The summed E-state index contributed by atoms with van der Waals surface area (Å²) < 4.78 is 13.3. The lowest BCUT2D eigenvalue weighted by molar-refractivity contribution is -0.146. The predicted molar refractivity (Wildman–Crippen MR) is 78.0 cm³/mol. The van der Waals surface area contributed by atoms with Crippen LogP contribution in [0.1, 0.15) is 12.8 Å². The Hall–Kier alpha value is -1.59. The van der Waals surface area contributed by atoms with Crippen molar-refractivity contribution in [3.05, 3.63) is 40.1 Å². The Balaban J connectivity index is 2.17. The molecule has 0 spiro atoms. The molecular formula is C14H12Cl2FNO3. The molecule has 7 heteroatoms. The molecule has 1 aromatic carbocycles. The summed E-state index contributed by atoms with van der Waals surface area (Å²) in [5.41, 5.74) is 0.232. The summed E-state index contributed by atoms with van der Waals surface area (Å²) in [5.74, 6) is -3.70. The highest BCUT2D eigenvalue weighted by atomic mass is 35.5. The maximum atomic E-state index is 13.3. The fourth-order valence-electron chi connectivity index (χ4n) is 2.24. The molecule has 4 nitrogen and oxygen atoms in total. The van der Waals surface area contributed by atoms with Crippen LogP contribution in [0.2, 0.25) is 10.0 Å². The van der Waals surface area contributed by atoms with Crippen molar-refractivity contribution in [2.24, 2.45) is 11.8 Å². The third kappa shape index (κ3) is 3.54. The van der Waals surface area contributed by atoms with Crippen molar-refractivity contribution in [1.82, 2.24) is 0 Å². The molecule has 1 aromatic rings. The second kappa shape index (κ2) is 6.45. The van der Waals surface area contributed by atoms with Gasteiger partial charge in [-0.05, 0) is 25.0 Å². The molecule has 2 N–H and O–H groups in total. The summed E-state index contributed by atoms with van der Waals surface area (Å²) in [6, 6.07) is 2.46.